The van der Waals surface area contributed by atoms with Crippen LogP contribution in [-0.4, -0.2) is 24.8 Å². The van der Waals surface area contributed by atoms with E-state index in [0.717, 1.165) is 41.8 Å². The zero-order valence-electron chi connectivity index (χ0n) is 10.8. The first-order chi connectivity index (χ1) is 8.13. The van der Waals surface area contributed by atoms with E-state index >= 15 is 0 Å². The molecule has 2 unspecified atom stereocenters. The summed E-state index contributed by atoms with van der Waals surface area (Å²) in [6.07, 6.45) is 1.78. The van der Waals surface area contributed by atoms with Crippen molar-refractivity contribution < 1.29 is 9.84 Å². The molecule has 0 bridgehead atoms. The van der Waals surface area contributed by atoms with E-state index in [9.17, 15) is 5.11 Å². The molecule has 0 aromatic heterocycles. The highest BCUT2D eigenvalue weighted by molar-refractivity contribution is 5.44. The summed E-state index contributed by atoms with van der Waals surface area (Å²) in [7, 11) is 1.68. The van der Waals surface area contributed by atoms with Gasteiger partial charge >= 0.3 is 0 Å². The first-order valence-electron chi connectivity index (χ1n) is 6.20. The molecule has 0 spiro atoms. The first kappa shape index (κ1) is 12.4. The van der Waals surface area contributed by atoms with Crippen LogP contribution in [-0.2, 0) is 0 Å². The second-order valence-corrected chi connectivity index (χ2v) is 4.84. The normalized spacial score (nSPS) is 21.5. The Morgan fingerprint density at radius 2 is 2.00 bits per heavy atom. The van der Waals surface area contributed by atoms with Crippen LogP contribution in [0.15, 0.2) is 12.1 Å². The molecule has 17 heavy (non-hydrogen) atoms. The molecule has 0 radical (unpaired) electrons. The number of hydrogen-bond donors (Lipinski definition) is 2. The second kappa shape index (κ2) is 5.07. The van der Waals surface area contributed by atoms with Crippen molar-refractivity contribution in [3.63, 3.8) is 0 Å². The summed E-state index contributed by atoms with van der Waals surface area (Å²) < 4.78 is 5.34. The van der Waals surface area contributed by atoms with Crippen LogP contribution in [0.5, 0.6) is 5.75 Å². The van der Waals surface area contributed by atoms with Gasteiger partial charge in [0.05, 0.1) is 13.2 Å². The third-order valence-electron chi connectivity index (χ3n) is 3.51. The van der Waals surface area contributed by atoms with Crippen molar-refractivity contribution in [3.05, 3.63) is 28.8 Å². The molecule has 0 saturated carbocycles. The minimum Gasteiger partial charge on any atom is -0.496 e. The smallest absolute Gasteiger partial charge is 0.124 e. The van der Waals surface area contributed by atoms with E-state index in [1.807, 2.05) is 26.0 Å². The lowest BCUT2D eigenvalue weighted by Crippen LogP contribution is -2.28. The van der Waals surface area contributed by atoms with Gasteiger partial charge in [0.25, 0.3) is 0 Å². The number of nitrogens with one attached hydrogen (secondary N) is 1. The van der Waals surface area contributed by atoms with Crippen LogP contribution in [0.1, 0.15) is 35.6 Å². The fourth-order valence-electron chi connectivity index (χ4n) is 2.69. The highest BCUT2D eigenvalue weighted by Crippen LogP contribution is 2.30. The molecule has 1 aliphatic rings. The molecular weight excluding hydrogens is 214 g/mol. The van der Waals surface area contributed by atoms with E-state index in [-0.39, 0.29) is 6.04 Å². The van der Waals surface area contributed by atoms with E-state index in [1.54, 1.807) is 7.11 Å². The van der Waals surface area contributed by atoms with Crippen molar-refractivity contribution in [1.82, 2.24) is 5.32 Å². The Labute approximate surface area is 103 Å². The van der Waals surface area contributed by atoms with Crippen LogP contribution in [0, 0.1) is 13.8 Å². The number of methoxy groups -OCH3 is 1. The molecule has 2 rings (SSSR count). The third kappa shape index (κ3) is 2.45. The van der Waals surface area contributed by atoms with Crippen LogP contribution in [0.25, 0.3) is 0 Å². The zero-order chi connectivity index (χ0) is 12.4. The van der Waals surface area contributed by atoms with Gasteiger partial charge in [0, 0.05) is 6.04 Å². The average molecular weight is 235 g/mol. The third-order valence-corrected chi connectivity index (χ3v) is 3.51. The maximum atomic E-state index is 10.3. The summed E-state index contributed by atoms with van der Waals surface area (Å²) >= 11 is 0. The molecule has 1 saturated heterocycles. The highest BCUT2D eigenvalue weighted by Gasteiger charge is 2.24. The predicted octanol–water partition coefficient (Wildman–Crippen LogP) is 2.10. The Hall–Kier alpha value is -1.06. The number of benzene rings is 1. The maximum absolute atomic E-state index is 10.3. The van der Waals surface area contributed by atoms with Crippen LogP contribution in [0.2, 0.25) is 0 Å². The first-order valence-corrected chi connectivity index (χ1v) is 6.20. The zero-order valence-corrected chi connectivity index (χ0v) is 10.8. The molecule has 0 amide bonds. The molecule has 3 nitrogen and oxygen atoms in total. The van der Waals surface area contributed by atoms with Gasteiger partial charge in [-0.1, -0.05) is 0 Å². The van der Waals surface area contributed by atoms with Gasteiger partial charge in [0.2, 0.25) is 0 Å². The molecule has 3 heteroatoms. The summed E-state index contributed by atoms with van der Waals surface area (Å²) in [5, 5.41) is 13.7. The number of aryl methyl sites for hydroxylation is 2. The molecule has 1 aromatic carbocycles. The second-order valence-electron chi connectivity index (χ2n) is 4.84. The molecule has 2 N–H and O–H groups in total. The number of aliphatic hydroxyl groups excluding tert-OH is 1. The van der Waals surface area contributed by atoms with Gasteiger partial charge in [0.1, 0.15) is 5.75 Å². The van der Waals surface area contributed by atoms with E-state index in [0.29, 0.717) is 0 Å². The van der Waals surface area contributed by atoms with E-state index in [1.165, 1.54) is 0 Å². The summed E-state index contributed by atoms with van der Waals surface area (Å²) in [6.45, 7) is 5.05. The summed E-state index contributed by atoms with van der Waals surface area (Å²) in [6, 6.07) is 4.25. The molecule has 1 fully saturated rings. The summed E-state index contributed by atoms with van der Waals surface area (Å²) in [4.78, 5) is 0. The average Bonchev–Trinajstić information content (AvgIpc) is 2.81. The highest BCUT2D eigenvalue weighted by atomic mass is 16.5. The Bertz CT molecular complexity index is 374. The van der Waals surface area contributed by atoms with Gasteiger partial charge in [-0.25, -0.2) is 0 Å². The minimum absolute atomic E-state index is 0.196. The van der Waals surface area contributed by atoms with E-state index in [2.05, 4.69) is 5.32 Å². The van der Waals surface area contributed by atoms with Gasteiger partial charge < -0.3 is 15.2 Å². The lowest BCUT2D eigenvalue weighted by molar-refractivity contribution is 0.137. The quantitative estimate of drug-likeness (QED) is 0.843. The number of ether oxygens (including phenoxy) is 1. The predicted molar refractivity (Wildman–Crippen MR) is 68.5 cm³/mol. The van der Waals surface area contributed by atoms with Crippen LogP contribution in [0.3, 0.4) is 0 Å². The van der Waals surface area contributed by atoms with Crippen molar-refractivity contribution in [1.29, 1.82) is 0 Å². The van der Waals surface area contributed by atoms with Crippen LogP contribution < -0.4 is 10.1 Å². The molecule has 94 valence electrons. The fraction of sp³-hybridized carbons (Fsp3) is 0.571. The van der Waals surface area contributed by atoms with Crippen molar-refractivity contribution in [2.24, 2.45) is 0 Å². The topological polar surface area (TPSA) is 41.5 Å². The Morgan fingerprint density at radius 1 is 1.35 bits per heavy atom. The standard InChI is InChI=1S/C14H21NO2/c1-9-7-11(8-10(2)14(9)17-3)13(16)12-5-4-6-15-12/h7-8,12-13,15-16H,4-6H2,1-3H3. The van der Waals surface area contributed by atoms with E-state index in [4.69, 9.17) is 4.74 Å². The lowest BCUT2D eigenvalue weighted by Gasteiger charge is -2.20. The van der Waals surface area contributed by atoms with Crippen molar-refractivity contribution in [2.45, 2.75) is 38.8 Å². The van der Waals surface area contributed by atoms with Crippen LogP contribution >= 0.6 is 0 Å². The van der Waals surface area contributed by atoms with Gasteiger partial charge in [0.15, 0.2) is 0 Å². The number of aliphatic hydroxyl groups is 1. The van der Waals surface area contributed by atoms with Gasteiger partial charge in [-0.3, -0.25) is 0 Å². The molecule has 0 aliphatic carbocycles. The Kier molecular flexibility index (Phi) is 3.69. The lowest BCUT2D eigenvalue weighted by atomic mass is 9.97. The molecular formula is C14H21NO2. The monoisotopic (exact) mass is 235 g/mol. The minimum atomic E-state index is -0.416. The SMILES string of the molecule is COc1c(C)cc(C(O)C2CCCN2)cc1C. The molecule has 1 aromatic rings. The van der Waals surface area contributed by atoms with Crippen molar-refractivity contribution in [2.75, 3.05) is 13.7 Å². The van der Waals surface area contributed by atoms with Crippen molar-refractivity contribution in [3.8, 4) is 5.75 Å². The largest absolute Gasteiger partial charge is 0.496 e. The van der Waals surface area contributed by atoms with Crippen molar-refractivity contribution >= 4 is 0 Å². The van der Waals surface area contributed by atoms with Gasteiger partial charge in [-0.05, 0) is 62.1 Å². The maximum Gasteiger partial charge on any atom is 0.124 e. The summed E-state index contributed by atoms with van der Waals surface area (Å²) in [5.41, 5.74) is 3.15. The molecule has 1 heterocycles. The molecule has 2 atom stereocenters. The fourth-order valence-corrected chi connectivity index (χ4v) is 2.69. The Balaban J connectivity index is 2.26. The molecule has 1 aliphatic heterocycles. The summed E-state index contributed by atoms with van der Waals surface area (Å²) in [5.74, 6) is 0.917. The van der Waals surface area contributed by atoms with Gasteiger partial charge in [-0.15, -0.1) is 0 Å². The number of hydrogen-bond acceptors (Lipinski definition) is 3. The Morgan fingerprint density at radius 3 is 2.47 bits per heavy atom. The number of rotatable bonds is 3. The van der Waals surface area contributed by atoms with Crippen LogP contribution in [0.4, 0.5) is 0 Å². The van der Waals surface area contributed by atoms with E-state index < -0.39 is 6.10 Å². The van der Waals surface area contributed by atoms with Gasteiger partial charge in [-0.2, -0.15) is 0 Å².